The van der Waals surface area contributed by atoms with E-state index in [9.17, 15) is 14.7 Å². The molecule has 1 unspecified atom stereocenters. The summed E-state index contributed by atoms with van der Waals surface area (Å²) < 4.78 is 6.40. The fraction of sp³-hybridized carbons (Fsp3) is 0.179. The Morgan fingerprint density at radius 3 is 2.44 bits per heavy atom. The summed E-state index contributed by atoms with van der Waals surface area (Å²) in [4.78, 5) is 32.9. The van der Waals surface area contributed by atoms with E-state index in [4.69, 9.17) is 21.3 Å². The molecule has 6 nitrogen and oxygen atoms in total. The highest BCUT2D eigenvalue weighted by molar-refractivity contribution is 7.22. The molecule has 182 valence electrons. The van der Waals surface area contributed by atoms with E-state index >= 15 is 0 Å². The largest absolute Gasteiger partial charge is 0.507 e. The second-order valence-electron chi connectivity index (χ2n) is 8.60. The van der Waals surface area contributed by atoms with Crippen LogP contribution in [0.15, 0.2) is 66.2 Å². The Morgan fingerprint density at radius 1 is 1.08 bits per heavy atom. The van der Waals surface area contributed by atoms with Crippen molar-refractivity contribution in [2.24, 2.45) is 0 Å². The third kappa shape index (κ3) is 4.14. The molecule has 1 amide bonds. The molecule has 1 aromatic heterocycles. The van der Waals surface area contributed by atoms with E-state index in [2.05, 4.69) is 0 Å². The number of benzene rings is 3. The number of carbonyl (C=O) groups excluding carboxylic acids is 2. The molecule has 0 bridgehead atoms. The highest BCUT2D eigenvalue weighted by Crippen LogP contribution is 2.45. The van der Waals surface area contributed by atoms with Gasteiger partial charge in [-0.2, -0.15) is 0 Å². The monoisotopic (exact) mass is 518 g/mol. The van der Waals surface area contributed by atoms with Crippen LogP contribution in [0, 0.1) is 13.8 Å². The van der Waals surface area contributed by atoms with Gasteiger partial charge in [0, 0.05) is 10.6 Å². The highest BCUT2D eigenvalue weighted by Gasteiger charge is 2.48. The molecule has 8 heteroatoms. The number of aromatic nitrogens is 1. The van der Waals surface area contributed by atoms with Gasteiger partial charge in [0.05, 0.1) is 28.4 Å². The maximum absolute atomic E-state index is 13.4. The molecular formula is C28H23ClN2O4S. The Kier molecular flexibility index (Phi) is 6.28. The number of hydrogen-bond donors (Lipinski definition) is 1. The predicted molar refractivity (Wildman–Crippen MR) is 143 cm³/mol. The third-order valence-corrected chi connectivity index (χ3v) is 7.35. The maximum atomic E-state index is 13.4. The van der Waals surface area contributed by atoms with Crippen LogP contribution in [0.3, 0.4) is 0 Å². The van der Waals surface area contributed by atoms with E-state index < -0.39 is 17.7 Å². The van der Waals surface area contributed by atoms with Crippen molar-refractivity contribution in [2.75, 3.05) is 11.5 Å². The van der Waals surface area contributed by atoms with Gasteiger partial charge in [0.1, 0.15) is 11.5 Å². The third-order valence-electron chi connectivity index (χ3n) is 6.09. The van der Waals surface area contributed by atoms with Crippen molar-refractivity contribution in [3.05, 3.63) is 93.5 Å². The molecule has 2 heterocycles. The van der Waals surface area contributed by atoms with Crippen LogP contribution in [0.4, 0.5) is 5.13 Å². The number of ether oxygens (including phenoxy) is 1. The van der Waals surface area contributed by atoms with E-state index in [1.807, 2.05) is 32.9 Å². The summed E-state index contributed by atoms with van der Waals surface area (Å²) in [5.74, 6) is -1.12. The number of Topliss-reactive ketones (excluding diaryl/α,β-unsaturated/α-hetero) is 1. The second kappa shape index (κ2) is 9.41. The topological polar surface area (TPSA) is 79.7 Å². The molecule has 36 heavy (non-hydrogen) atoms. The molecule has 0 radical (unpaired) electrons. The van der Waals surface area contributed by atoms with Crippen molar-refractivity contribution in [3.8, 4) is 5.75 Å². The fourth-order valence-corrected chi connectivity index (χ4v) is 5.78. The second-order valence-corrected chi connectivity index (χ2v) is 10.0. The lowest BCUT2D eigenvalue weighted by Gasteiger charge is -2.23. The minimum Gasteiger partial charge on any atom is -0.507 e. The number of anilines is 1. The average Bonchev–Trinajstić information content (AvgIpc) is 3.38. The lowest BCUT2D eigenvalue weighted by atomic mass is 9.95. The van der Waals surface area contributed by atoms with Crippen LogP contribution in [-0.2, 0) is 9.59 Å². The first kappa shape index (κ1) is 24.0. The number of ketones is 1. The number of fused-ring (bicyclic) bond motifs is 1. The van der Waals surface area contributed by atoms with Gasteiger partial charge in [0.2, 0.25) is 0 Å². The quantitative estimate of drug-likeness (QED) is 0.183. The van der Waals surface area contributed by atoms with Crippen LogP contribution in [0.5, 0.6) is 5.75 Å². The molecular weight excluding hydrogens is 496 g/mol. The number of carbonyl (C=O) groups is 2. The summed E-state index contributed by atoms with van der Waals surface area (Å²) in [7, 11) is 0. The average molecular weight is 519 g/mol. The maximum Gasteiger partial charge on any atom is 0.301 e. The molecule has 1 aliphatic rings. The van der Waals surface area contributed by atoms with Gasteiger partial charge in [-0.25, -0.2) is 4.98 Å². The zero-order valence-electron chi connectivity index (χ0n) is 19.9. The van der Waals surface area contributed by atoms with Gasteiger partial charge >= 0.3 is 5.91 Å². The first-order valence-electron chi connectivity index (χ1n) is 11.5. The minimum absolute atomic E-state index is 0.00126. The summed E-state index contributed by atoms with van der Waals surface area (Å²) in [5, 5.41) is 12.2. The zero-order chi connectivity index (χ0) is 25.6. The van der Waals surface area contributed by atoms with Crippen molar-refractivity contribution >= 4 is 55.7 Å². The number of nitrogens with zero attached hydrogens (tertiary/aromatic N) is 2. The van der Waals surface area contributed by atoms with Crippen LogP contribution < -0.4 is 9.64 Å². The van der Waals surface area contributed by atoms with Gasteiger partial charge in [-0.1, -0.05) is 41.1 Å². The highest BCUT2D eigenvalue weighted by atomic mass is 35.5. The van der Waals surface area contributed by atoms with Crippen LogP contribution in [0.25, 0.3) is 16.0 Å². The summed E-state index contributed by atoms with van der Waals surface area (Å²) in [6, 6.07) is 16.8. The molecule has 0 saturated carbocycles. The van der Waals surface area contributed by atoms with E-state index in [0.717, 1.165) is 21.3 Å². The Bertz CT molecular complexity index is 1520. The Hall–Kier alpha value is -3.68. The lowest BCUT2D eigenvalue weighted by Crippen LogP contribution is -2.29. The number of aliphatic hydroxyl groups excluding tert-OH is 1. The van der Waals surface area contributed by atoms with Crippen LogP contribution in [0.2, 0.25) is 5.02 Å². The van der Waals surface area contributed by atoms with E-state index in [0.29, 0.717) is 33.6 Å². The summed E-state index contributed by atoms with van der Waals surface area (Å²) in [6.45, 7) is 6.36. The zero-order valence-corrected chi connectivity index (χ0v) is 21.5. The molecule has 5 rings (SSSR count). The standard InChI is InChI=1S/C28H23ClN2O4S/c1-4-35-20-11-7-18(8-12-20)25(32)22-24(17-5-9-19(29)10-6-17)31(27(34)26(22)33)28-30-23-16(3)13-15(2)14-21(23)36-28/h5-14,24,32H,4H2,1-3H3/b25-22+. The Morgan fingerprint density at radius 2 is 1.78 bits per heavy atom. The number of aliphatic hydroxyl groups is 1. The summed E-state index contributed by atoms with van der Waals surface area (Å²) in [6.07, 6.45) is 0. The Labute approximate surface area is 217 Å². The van der Waals surface area contributed by atoms with Crippen molar-refractivity contribution in [1.82, 2.24) is 4.98 Å². The van der Waals surface area contributed by atoms with E-state index in [-0.39, 0.29) is 11.3 Å². The summed E-state index contributed by atoms with van der Waals surface area (Å²) in [5.41, 5.74) is 3.90. The molecule has 1 aliphatic heterocycles. The van der Waals surface area contributed by atoms with Gasteiger partial charge in [-0.3, -0.25) is 14.5 Å². The lowest BCUT2D eigenvalue weighted by molar-refractivity contribution is -0.132. The van der Waals surface area contributed by atoms with Crippen molar-refractivity contribution in [3.63, 3.8) is 0 Å². The molecule has 1 fully saturated rings. The number of rotatable bonds is 5. The molecule has 1 saturated heterocycles. The number of thiazole rings is 1. The van der Waals surface area contributed by atoms with Crippen molar-refractivity contribution < 1.29 is 19.4 Å². The van der Waals surface area contributed by atoms with Gasteiger partial charge in [0.15, 0.2) is 5.13 Å². The van der Waals surface area contributed by atoms with Crippen molar-refractivity contribution in [2.45, 2.75) is 26.8 Å². The number of amides is 1. The first-order valence-corrected chi connectivity index (χ1v) is 12.7. The fourth-order valence-electron chi connectivity index (χ4n) is 4.48. The minimum atomic E-state index is -0.865. The summed E-state index contributed by atoms with van der Waals surface area (Å²) >= 11 is 7.46. The van der Waals surface area contributed by atoms with Crippen LogP contribution in [-0.4, -0.2) is 28.4 Å². The van der Waals surface area contributed by atoms with Crippen LogP contribution in [0.1, 0.15) is 35.2 Å². The van der Waals surface area contributed by atoms with Gasteiger partial charge in [-0.05, 0) is 79.9 Å². The van der Waals surface area contributed by atoms with Crippen LogP contribution >= 0.6 is 22.9 Å². The first-order chi connectivity index (χ1) is 17.3. The Balaban J connectivity index is 1.69. The van der Waals surface area contributed by atoms with Gasteiger partial charge < -0.3 is 9.84 Å². The smallest absolute Gasteiger partial charge is 0.301 e. The number of hydrogen-bond acceptors (Lipinski definition) is 6. The molecule has 1 atom stereocenters. The molecule has 3 aromatic carbocycles. The molecule has 0 aliphatic carbocycles. The normalized spacial score (nSPS) is 17.2. The predicted octanol–water partition coefficient (Wildman–Crippen LogP) is 6.59. The molecule has 0 spiro atoms. The number of aryl methyl sites for hydroxylation is 2. The molecule has 4 aromatic rings. The van der Waals surface area contributed by atoms with Crippen molar-refractivity contribution in [1.29, 1.82) is 0 Å². The van der Waals surface area contributed by atoms with E-state index in [1.54, 1.807) is 48.5 Å². The SMILES string of the molecule is CCOc1ccc(/C(O)=C2\C(=O)C(=O)N(c3nc4c(C)cc(C)cc4s3)C2c2ccc(Cl)cc2)cc1. The number of halogens is 1. The molecule has 1 N–H and O–H groups in total. The van der Waals surface area contributed by atoms with E-state index in [1.165, 1.54) is 16.2 Å². The van der Waals surface area contributed by atoms with Gasteiger partial charge in [0.25, 0.3) is 5.78 Å². The van der Waals surface area contributed by atoms with Gasteiger partial charge in [-0.15, -0.1) is 0 Å².